The van der Waals surface area contributed by atoms with E-state index in [0.717, 1.165) is 35.2 Å². The van der Waals surface area contributed by atoms with E-state index in [0.29, 0.717) is 0 Å². The lowest BCUT2D eigenvalue weighted by Crippen LogP contribution is -2.08. The van der Waals surface area contributed by atoms with E-state index in [1.165, 1.54) is 5.56 Å². The van der Waals surface area contributed by atoms with E-state index in [9.17, 15) is 0 Å². The minimum atomic E-state index is 0.825. The molecule has 0 fully saturated rings. The predicted molar refractivity (Wildman–Crippen MR) is 80.7 cm³/mol. The molecule has 4 nitrogen and oxygen atoms in total. The molecule has 0 saturated heterocycles. The first-order valence-electron chi connectivity index (χ1n) is 6.69. The van der Waals surface area contributed by atoms with Gasteiger partial charge in [-0.15, -0.1) is 5.10 Å². The zero-order valence-corrected chi connectivity index (χ0v) is 11.4. The summed E-state index contributed by atoms with van der Waals surface area (Å²) in [5, 5.41) is 14.1. The van der Waals surface area contributed by atoms with Crippen molar-refractivity contribution in [3.05, 3.63) is 60.0 Å². The molecule has 20 heavy (non-hydrogen) atoms. The summed E-state index contributed by atoms with van der Waals surface area (Å²) in [5.74, 6) is 0.847. The zero-order valence-electron chi connectivity index (χ0n) is 11.4. The third-order valence-corrected chi connectivity index (χ3v) is 3.33. The van der Waals surface area contributed by atoms with Gasteiger partial charge in [0.15, 0.2) is 5.82 Å². The molecular weight excluding hydrogens is 248 g/mol. The molecule has 4 heteroatoms. The molecule has 0 saturated carbocycles. The zero-order chi connectivity index (χ0) is 13.8. The minimum absolute atomic E-state index is 0.825. The van der Waals surface area contributed by atoms with Crippen LogP contribution in [0.2, 0.25) is 0 Å². The van der Waals surface area contributed by atoms with Crippen molar-refractivity contribution < 1.29 is 0 Å². The number of anilines is 1. The van der Waals surface area contributed by atoms with Gasteiger partial charge in [0.05, 0.1) is 5.69 Å². The van der Waals surface area contributed by atoms with E-state index >= 15 is 0 Å². The van der Waals surface area contributed by atoms with Crippen LogP contribution >= 0.6 is 0 Å². The summed E-state index contributed by atoms with van der Waals surface area (Å²) in [5.41, 5.74) is 2.22. The first-order chi connectivity index (χ1) is 9.84. The molecule has 0 radical (unpaired) electrons. The van der Waals surface area contributed by atoms with Crippen LogP contribution in [-0.2, 0) is 6.42 Å². The van der Waals surface area contributed by atoms with Gasteiger partial charge < -0.3 is 5.32 Å². The highest BCUT2D eigenvalue weighted by atomic mass is 15.2. The van der Waals surface area contributed by atoms with Crippen molar-refractivity contribution in [2.45, 2.75) is 13.3 Å². The molecule has 3 rings (SSSR count). The normalized spacial score (nSPS) is 10.7. The maximum absolute atomic E-state index is 4.26. The molecule has 0 unspecified atom stereocenters. The summed E-state index contributed by atoms with van der Waals surface area (Å²) < 4.78 is 0. The van der Waals surface area contributed by atoms with Crippen molar-refractivity contribution in [3.8, 4) is 0 Å². The van der Waals surface area contributed by atoms with Crippen molar-refractivity contribution in [2.75, 3.05) is 11.9 Å². The molecule has 100 valence electrons. The number of fused-ring (bicyclic) bond motifs is 1. The Bertz CT molecular complexity index is 710. The highest BCUT2D eigenvalue weighted by molar-refractivity contribution is 5.92. The number of nitrogens with zero attached hydrogens (tertiary/aromatic N) is 3. The van der Waals surface area contributed by atoms with Gasteiger partial charge in [-0.2, -0.15) is 5.10 Å². The molecule has 0 aliphatic heterocycles. The molecular formula is C16H16N4. The Morgan fingerprint density at radius 1 is 0.950 bits per heavy atom. The topological polar surface area (TPSA) is 50.7 Å². The Labute approximate surface area is 117 Å². The van der Waals surface area contributed by atoms with Crippen LogP contribution in [0.15, 0.2) is 48.8 Å². The number of hydrogen-bond donors (Lipinski definition) is 1. The van der Waals surface area contributed by atoms with Crippen molar-refractivity contribution in [2.24, 2.45) is 0 Å². The van der Waals surface area contributed by atoms with Crippen LogP contribution in [-0.4, -0.2) is 21.7 Å². The number of benzene rings is 1. The van der Waals surface area contributed by atoms with Gasteiger partial charge in [0.1, 0.15) is 0 Å². The number of aryl methyl sites for hydroxylation is 1. The van der Waals surface area contributed by atoms with Gasteiger partial charge in [0, 0.05) is 29.7 Å². The Morgan fingerprint density at radius 2 is 1.70 bits per heavy atom. The molecule has 3 aromatic rings. The minimum Gasteiger partial charge on any atom is -0.368 e. The van der Waals surface area contributed by atoms with E-state index in [1.807, 2.05) is 43.6 Å². The van der Waals surface area contributed by atoms with Gasteiger partial charge in [0.25, 0.3) is 0 Å². The lowest BCUT2D eigenvalue weighted by molar-refractivity contribution is 0.957. The molecule has 0 amide bonds. The monoisotopic (exact) mass is 264 g/mol. The molecule has 0 bridgehead atoms. The number of pyridine rings is 1. The van der Waals surface area contributed by atoms with Gasteiger partial charge in [-0.3, -0.25) is 4.98 Å². The van der Waals surface area contributed by atoms with Gasteiger partial charge >= 0.3 is 0 Å². The quantitative estimate of drug-likeness (QED) is 0.787. The fourth-order valence-corrected chi connectivity index (χ4v) is 2.24. The fourth-order valence-electron chi connectivity index (χ4n) is 2.24. The Morgan fingerprint density at radius 3 is 2.50 bits per heavy atom. The summed E-state index contributed by atoms with van der Waals surface area (Å²) in [4.78, 5) is 4.02. The van der Waals surface area contributed by atoms with Crippen molar-refractivity contribution >= 4 is 16.6 Å². The number of aromatic nitrogens is 3. The smallest absolute Gasteiger partial charge is 0.156 e. The van der Waals surface area contributed by atoms with Crippen LogP contribution in [0.3, 0.4) is 0 Å². The fraction of sp³-hybridized carbons (Fsp3) is 0.188. The molecule has 2 heterocycles. The van der Waals surface area contributed by atoms with Crippen LogP contribution < -0.4 is 5.32 Å². The summed E-state index contributed by atoms with van der Waals surface area (Å²) in [7, 11) is 0. The van der Waals surface area contributed by atoms with Gasteiger partial charge in [-0.05, 0) is 31.0 Å². The maximum Gasteiger partial charge on any atom is 0.156 e. The average molecular weight is 264 g/mol. The summed E-state index contributed by atoms with van der Waals surface area (Å²) >= 11 is 0. The van der Waals surface area contributed by atoms with E-state index < -0.39 is 0 Å². The third kappa shape index (κ3) is 2.59. The second-order valence-corrected chi connectivity index (χ2v) is 4.71. The second kappa shape index (κ2) is 5.65. The van der Waals surface area contributed by atoms with E-state index in [2.05, 4.69) is 32.6 Å². The highest BCUT2D eigenvalue weighted by Crippen LogP contribution is 2.22. The molecule has 2 aromatic heterocycles. The average Bonchev–Trinajstić information content (AvgIpc) is 2.51. The predicted octanol–water partition coefficient (Wildman–Crippen LogP) is 2.99. The molecule has 1 N–H and O–H groups in total. The van der Waals surface area contributed by atoms with Crippen LogP contribution in [0, 0.1) is 6.92 Å². The molecule has 1 aromatic carbocycles. The molecule has 0 atom stereocenters. The number of rotatable bonds is 4. The number of hydrogen-bond acceptors (Lipinski definition) is 4. The second-order valence-electron chi connectivity index (χ2n) is 4.71. The first kappa shape index (κ1) is 12.5. The van der Waals surface area contributed by atoms with Crippen LogP contribution in [0.1, 0.15) is 11.3 Å². The summed E-state index contributed by atoms with van der Waals surface area (Å²) in [6.07, 6.45) is 4.57. The number of nitrogens with one attached hydrogen (secondary N) is 1. The summed E-state index contributed by atoms with van der Waals surface area (Å²) in [6, 6.07) is 12.3. The van der Waals surface area contributed by atoms with E-state index in [-0.39, 0.29) is 0 Å². The Kier molecular flexibility index (Phi) is 3.54. The van der Waals surface area contributed by atoms with Crippen molar-refractivity contribution in [1.82, 2.24) is 15.2 Å². The lowest BCUT2D eigenvalue weighted by Gasteiger charge is -2.09. The third-order valence-electron chi connectivity index (χ3n) is 3.33. The van der Waals surface area contributed by atoms with E-state index in [4.69, 9.17) is 0 Å². The standard InChI is InChI=1S/C16H16N4/c1-12-14-4-2-3-5-15(14)16(20-19-12)18-11-8-13-6-9-17-10-7-13/h2-7,9-10H,8,11H2,1H3,(H,18,20). The Balaban J connectivity index is 1.77. The van der Waals surface area contributed by atoms with Gasteiger partial charge in [-0.25, -0.2) is 0 Å². The largest absolute Gasteiger partial charge is 0.368 e. The molecule has 0 aliphatic rings. The molecule has 0 aliphatic carbocycles. The van der Waals surface area contributed by atoms with Crippen LogP contribution in [0.5, 0.6) is 0 Å². The Hall–Kier alpha value is -2.49. The first-order valence-corrected chi connectivity index (χ1v) is 6.69. The maximum atomic E-state index is 4.26. The van der Waals surface area contributed by atoms with Crippen LogP contribution in [0.25, 0.3) is 10.8 Å². The van der Waals surface area contributed by atoms with Gasteiger partial charge in [-0.1, -0.05) is 24.3 Å². The molecule has 0 spiro atoms. The lowest BCUT2D eigenvalue weighted by atomic mass is 10.1. The highest BCUT2D eigenvalue weighted by Gasteiger charge is 2.05. The van der Waals surface area contributed by atoms with Crippen molar-refractivity contribution in [1.29, 1.82) is 0 Å². The van der Waals surface area contributed by atoms with E-state index in [1.54, 1.807) is 0 Å². The van der Waals surface area contributed by atoms with Gasteiger partial charge in [0.2, 0.25) is 0 Å². The SMILES string of the molecule is Cc1nnc(NCCc2ccncc2)c2ccccc12. The van der Waals surface area contributed by atoms with Crippen molar-refractivity contribution in [3.63, 3.8) is 0 Å². The van der Waals surface area contributed by atoms with Crippen LogP contribution in [0.4, 0.5) is 5.82 Å². The summed E-state index contributed by atoms with van der Waals surface area (Å²) in [6.45, 7) is 2.81.